The molecule has 3 rings (SSSR count). The average molecular weight is 368 g/mol. The molecular formula is C19H18ClN5O. The van der Waals surface area contributed by atoms with Gasteiger partial charge in [-0.25, -0.2) is 0 Å². The lowest BCUT2D eigenvalue weighted by atomic mass is 10.1. The van der Waals surface area contributed by atoms with Crippen molar-refractivity contribution in [3.63, 3.8) is 0 Å². The molecule has 0 aliphatic rings. The number of nitrogens with one attached hydrogen (secondary N) is 2. The van der Waals surface area contributed by atoms with Gasteiger partial charge < -0.3 is 10.6 Å². The van der Waals surface area contributed by atoms with Gasteiger partial charge in [-0.1, -0.05) is 23.7 Å². The van der Waals surface area contributed by atoms with Crippen molar-refractivity contribution in [3.05, 3.63) is 82.8 Å². The highest BCUT2D eigenvalue weighted by Crippen LogP contribution is 2.10. The summed E-state index contributed by atoms with van der Waals surface area (Å²) in [6.07, 6.45) is 4.20. The molecule has 132 valence electrons. The number of carbonyl (C=O) groups is 1. The largest absolute Gasteiger partial charge is 0.365 e. The predicted molar refractivity (Wildman–Crippen MR) is 101 cm³/mol. The van der Waals surface area contributed by atoms with E-state index in [0.717, 1.165) is 17.5 Å². The maximum atomic E-state index is 12.1. The Kier molecular flexibility index (Phi) is 6.11. The third-order valence-electron chi connectivity index (χ3n) is 3.73. The minimum Gasteiger partial charge on any atom is -0.365 e. The number of aromatic nitrogens is 3. The Morgan fingerprint density at radius 1 is 0.923 bits per heavy atom. The smallest absolute Gasteiger partial charge is 0.271 e. The molecule has 26 heavy (non-hydrogen) atoms. The SMILES string of the molecule is O=C(NCCc1ccc(Cl)cc1)c1ccc(NCc2ccncc2)nn1. The summed E-state index contributed by atoms with van der Waals surface area (Å²) in [6.45, 7) is 1.13. The van der Waals surface area contributed by atoms with E-state index in [1.54, 1.807) is 24.5 Å². The number of nitrogens with zero attached hydrogens (tertiary/aromatic N) is 3. The summed E-state index contributed by atoms with van der Waals surface area (Å²) in [5.41, 5.74) is 2.48. The lowest BCUT2D eigenvalue weighted by Crippen LogP contribution is -2.26. The van der Waals surface area contributed by atoms with Crippen molar-refractivity contribution in [2.45, 2.75) is 13.0 Å². The molecule has 0 saturated heterocycles. The maximum absolute atomic E-state index is 12.1. The lowest BCUT2D eigenvalue weighted by molar-refractivity contribution is 0.0948. The number of halogens is 1. The Labute approximate surface area is 156 Å². The van der Waals surface area contributed by atoms with Gasteiger partial charge in [-0.2, -0.15) is 0 Å². The van der Waals surface area contributed by atoms with Crippen molar-refractivity contribution in [1.29, 1.82) is 0 Å². The molecule has 2 heterocycles. The topological polar surface area (TPSA) is 79.8 Å². The van der Waals surface area contributed by atoms with Crippen LogP contribution in [0.1, 0.15) is 21.6 Å². The van der Waals surface area contributed by atoms with Crippen LogP contribution in [-0.2, 0) is 13.0 Å². The van der Waals surface area contributed by atoms with E-state index in [0.29, 0.717) is 23.9 Å². The lowest BCUT2D eigenvalue weighted by Gasteiger charge is -2.07. The van der Waals surface area contributed by atoms with Crippen molar-refractivity contribution in [2.75, 3.05) is 11.9 Å². The van der Waals surface area contributed by atoms with Crippen molar-refractivity contribution in [3.8, 4) is 0 Å². The van der Waals surface area contributed by atoms with Crippen LogP contribution in [0.4, 0.5) is 5.82 Å². The zero-order chi connectivity index (χ0) is 18.2. The van der Waals surface area contributed by atoms with Crippen LogP contribution in [-0.4, -0.2) is 27.6 Å². The van der Waals surface area contributed by atoms with Crippen LogP contribution in [0.2, 0.25) is 5.02 Å². The summed E-state index contributed by atoms with van der Waals surface area (Å²) in [5, 5.41) is 14.7. The van der Waals surface area contributed by atoms with E-state index < -0.39 is 0 Å². The number of hydrogen-bond acceptors (Lipinski definition) is 5. The van der Waals surface area contributed by atoms with Gasteiger partial charge in [0.25, 0.3) is 5.91 Å². The van der Waals surface area contributed by atoms with Crippen LogP contribution < -0.4 is 10.6 Å². The average Bonchev–Trinajstić information content (AvgIpc) is 2.69. The second kappa shape index (κ2) is 8.92. The normalized spacial score (nSPS) is 10.3. The van der Waals surface area contributed by atoms with E-state index >= 15 is 0 Å². The summed E-state index contributed by atoms with van der Waals surface area (Å²) in [5.74, 6) is 0.367. The Balaban J connectivity index is 1.46. The summed E-state index contributed by atoms with van der Waals surface area (Å²) in [6, 6.07) is 14.8. The minimum atomic E-state index is -0.243. The third-order valence-corrected chi connectivity index (χ3v) is 3.98. The number of amides is 1. The molecule has 3 aromatic rings. The molecular weight excluding hydrogens is 350 g/mol. The summed E-state index contributed by atoms with van der Waals surface area (Å²) >= 11 is 5.85. The molecule has 1 amide bonds. The molecule has 6 nitrogen and oxygen atoms in total. The fourth-order valence-electron chi connectivity index (χ4n) is 2.30. The highest BCUT2D eigenvalue weighted by Gasteiger charge is 2.07. The number of pyridine rings is 1. The van der Waals surface area contributed by atoms with Crippen molar-refractivity contribution < 1.29 is 4.79 Å². The van der Waals surface area contributed by atoms with Gasteiger partial charge in [0.1, 0.15) is 5.82 Å². The molecule has 0 spiro atoms. The summed E-state index contributed by atoms with van der Waals surface area (Å²) in [4.78, 5) is 16.1. The second-order valence-corrected chi connectivity index (χ2v) is 6.08. The Hall–Kier alpha value is -2.99. The molecule has 0 bridgehead atoms. The Bertz CT molecular complexity index is 838. The number of benzene rings is 1. The third kappa shape index (κ3) is 5.26. The summed E-state index contributed by atoms with van der Waals surface area (Å²) < 4.78 is 0. The van der Waals surface area contributed by atoms with E-state index in [1.165, 1.54) is 0 Å². The monoisotopic (exact) mass is 367 g/mol. The molecule has 0 aliphatic heterocycles. The molecule has 2 N–H and O–H groups in total. The van der Waals surface area contributed by atoms with Crippen LogP contribution in [0, 0.1) is 0 Å². The molecule has 0 saturated carbocycles. The first kappa shape index (κ1) is 17.8. The van der Waals surface area contributed by atoms with Crippen LogP contribution in [0.25, 0.3) is 0 Å². The van der Waals surface area contributed by atoms with Crippen LogP contribution >= 0.6 is 11.6 Å². The Morgan fingerprint density at radius 3 is 2.38 bits per heavy atom. The van der Waals surface area contributed by atoms with Gasteiger partial charge in [-0.15, -0.1) is 10.2 Å². The van der Waals surface area contributed by atoms with E-state index in [9.17, 15) is 4.79 Å². The maximum Gasteiger partial charge on any atom is 0.271 e. The minimum absolute atomic E-state index is 0.243. The highest BCUT2D eigenvalue weighted by atomic mass is 35.5. The first-order valence-corrected chi connectivity index (χ1v) is 8.57. The van der Waals surface area contributed by atoms with Crippen LogP contribution in [0.5, 0.6) is 0 Å². The van der Waals surface area contributed by atoms with Gasteiger partial charge in [-0.05, 0) is 53.9 Å². The molecule has 7 heteroatoms. The van der Waals surface area contributed by atoms with Gasteiger partial charge in [0.2, 0.25) is 0 Å². The molecule has 2 aromatic heterocycles. The molecule has 0 radical (unpaired) electrons. The molecule has 0 fully saturated rings. The van der Waals surface area contributed by atoms with Crippen molar-refractivity contribution >= 4 is 23.3 Å². The molecule has 1 aromatic carbocycles. The quantitative estimate of drug-likeness (QED) is 0.670. The van der Waals surface area contributed by atoms with E-state index in [4.69, 9.17) is 11.6 Å². The number of carbonyl (C=O) groups excluding carboxylic acids is 1. The highest BCUT2D eigenvalue weighted by molar-refractivity contribution is 6.30. The molecule has 0 aliphatic carbocycles. The summed E-state index contributed by atoms with van der Waals surface area (Å²) in [7, 11) is 0. The van der Waals surface area contributed by atoms with Gasteiger partial charge >= 0.3 is 0 Å². The van der Waals surface area contributed by atoms with Crippen LogP contribution in [0.3, 0.4) is 0 Å². The van der Waals surface area contributed by atoms with Crippen LogP contribution in [0.15, 0.2) is 60.9 Å². The fraction of sp³-hybridized carbons (Fsp3) is 0.158. The van der Waals surface area contributed by atoms with E-state index in [2.05, 4.69) is 25.8 Å². The van der Waals surface area contributed by atoms with Gasteiger partial charge in [0.05, 0.1) is 0 Å². The van der Waals surface area contributed by atoms with Crippen molar-refractivity contribution in [2.24, 2.45) is 0 Å². The van der Waals surface area contributed by atoms with E-state index in [-0.39, 0.29) is 11.6 Å². The Morgan fingerprint density at radius 2 is 1.69 bits per heavy atom. The van der Waals surface area contributed by atoms with Crippen molar-refractivity contribution in [1.82, 2.24) is 20.5 Å². The van der Waals surface area contributed by atoms with Gasteiger partial charge in [0, 0.05) is 30.5 Å². The number of rotatable bonds is 7. The fourth-order valence-corrected chi connectivity index (χ4v) is 2.43. The second-order valence-electron chi connectivity index (χ2n) is 5.65. The first-order valence-electron chi connectivity index (χ1n) is 8.20. The molecule has 0 unspecified atom stereocenters. The first-order chi connectivity index (χ1) is 12.7. The van der Waals surface area contributed by atoms with Gasteiger partial charge in [0.15, 0.2) is 5.69 Å². The molecule has 0 atom stereocenters. The zero-order valence-corrected chi connectivity index (χ0v) is 14.8. The van der Waals surface area contributed by atoms with E-state index in [1.807, 2.05) is 36.4 Å². The van der Waals surface area contributed by atoms with Gasteiger partial charge in [-0.3, -0.25) is 9.78 Å². The number of hydrogen-bond donors (Lipinski definition) is 2. The standard InChI is InChI=1S/C19H18ClN5O/c20-16-3-1-14(2-4-16)9-12-22-19(26)17-5-6-18(25-24-17)23-13-15-7-10-21-11-8-15/h1-8,10-11H,9,12-13H2,(H,22,26)(H,23,25). The zero-order valence-electron chi connectivity index (χ0n) is 14.0. The predicted octanol–water partition coefficient (Wildman–Crippen LogP) is 3.11. The number of anilines is 1.